The van der Waals surface area contributed by atoms with Crippen molar-refractivity contribution in [3.8, 4) is 0 Å². The first-order valence-electron chi connectivity index (χ1n) is 8.66. The van der Waals surface area contributed by atoms with Crippen molar-refractivity contribution in [1.29, 1.82) is 0 Å². The molecule has 0 unspecified atom stereocenters. The van der Waals surface area contributed by atoms with Gasteiger partial charge in [0.1, 0.15) is 0 Å². The Hall–Kier alpha value is -2.80. The van der Waals surface area contributed by atoms with E-state index in [1.165, 1.54) is 12.1 Å². The van der Waals surface area contributed by atoms with Crippen molar-refractivity contribution in [3.05, 3.63) is 82.9 Å². The van der Waals surface area contributed by atoms with Gasteiger partial charge in [0.2, 0.25) is 0 Å². The van der Waals surface area contributed by atoms with Crippen LogP contribution in [0.25, 0.3) is 0 Å². The van der Waals surface area contributed by atoms with Gasteiger partial charge < -0.3 is 22.3 Å². The Labute approximate surface area is 192 Å². The Morgan fingerprint density at radius 1 is 0.690 bits per heavy atom. The number of carboxylic acids is 2. The molecular weight excluding hydrogens is 379 g/mol. The number of aryl methyl sites for hydroxylation is 2. The summed E-state index contributed by atoms with van der Waals surface area (Å²) >= 11 is 0. The summed E-state index contributed by atoms with van der Waals surface area (Å²) in [6, 6.07) is 17.5. The molecule has 0 aromatic heterocycles. The number of hydrogen-bond donors (Lipinski definition) is 4. The fourth-order valence-electron chi connectivity index (χ4n) is 2.88. The van der Waals surface area contributed by atoms with Gasteiger partial charge in [-0.3, -0.25) is 0 Å². The van der Waals surface area contributed by atoms with Crippen LogP contribution in [0, 0.1) is 13.8 Å². The third-order valence-corrected chi connectivity index (χ3v) is 4.45. The second-order valence-electron chi connectivity index (χ2n) is 6.43. The fraction of sp³-hybridized carbons (Fsp3) is 0.0909. The zero-order valence-corrected chi connectivity index (χ0v) is 18.5. The molecule has 0 saturated carbocycles. The van der Waals surface area contributed by atoms with E-state index in [4.69, 9.17) is 0 Å². The molecule has 0 spiro atoms. The molecule has 0 saturated heterocycles. The molecule has 0 heterocycles. The molecule has 3 aromatic carbocycles. The van der Waals surface area contributed by atoms with Crippen LogP contribution in [0.4, 0.5) is 22.7 Å². The first kappa shape index (κ1) is 22.5. The number of nitrogens with one attached hydrogen (secondary N) is 2. The maximum atomic E-state index is 11.8. The molecule has 6 nitrogen and oxygen atoms in total. The first-order chi connectivity index (χ1) is 13.4. The number of hydrogen-bond acceptors (Lipinski definition) is 4. The van der Waals surface area contributed by atoms with E-state index in [9.17, 15) is 19.8 Å². The van der Waals surface area contributed by atoms with Crippen molar-refractivity contribution in [3.63, 3.8) is 0 Å². The zero-order chi connectivity index (χ0) is 20.3. The second-order valence-corrected chi connectivity index (χ2v) is 6.43. The average molecular weight is 400 g/mol. The van der Waals surface area contributed by atoms with E-state index >= 15 is 0 Å². The van der Waals surface area contributed by atoms with E-state index < -0.39 is 11.9 Å². The van der Waals surface area contributed by atoms with Crippen LogP contribution in [0.15, 0.2) is 60.7 Å². The van der Waals surface area contributed by atoms with Gasteiger partial charge in [0.25, 0.3) is 0 Å². The number of carboxylic acid groups (broad SMARTS) is 2. The van der Waals surface area contributed by atoms with Crippen molar-refractivity contribution >= 4 is 34.7 Å². The Morgan fingerprint density at radius 3 is 1.34 bits per heavy atom. The smallest absolute Gasteiger partial charge is 1.00 e. The molecule has 7 heteroatoms. The van der Waals surface area contributed by atoms with E-state index in [1.807, 2.05) is 50.2 Å². The monoisotopic (exact) mass is 400 g/mol. The molecule has 0 aliphatic carbocycles. The van der Waals surface area contributed by atoms with Crippen molar-refractivity contribution in [1.82, 2.24) is 0 Å². The minimum absolute atomic E-state index is 0. The zero-order valence-electron chi connectivity index (χ0n) is 17.5. The van der Waals surface area contributed by atoms with Crippen LogP contribution >= 0.6 is 0 Å². The van der Waals surface area contributed by atoms with Crippen LogP contribution in [0.3, 0.4) is 0 Å². The first-order valence-corrected chi connectivity index (χ1v) is 8.66. The molecule has 0 bridgehead atoms. The summed E-state index contributed by atoms with van der Waals surface area (Å²) in [6.07, 6.45) is 0. The number of anilines is 4. The summed E-state index contributed by atoms with van der Waals surface area (Å²) in [5, 5.41) is 25.4. The summed E-state index contributed by atoms with van der Waals surface area (Å²) in [5.74, 6) is -2.30. The van der Waals surface area contributed by atoms with Crippen LogP contribution in [0.2, 0.25) is 0 Å². The number of para-hydroxylation sites is 2. The Balaban J connectivity index is 0.00000225. The number of benzene rings is 3. The molecule has 29 heavy (non-hydrogen) atoms. The van der Waals surface area contributed by atoms with E-state index in [0.29, 0.717) is 11.4 Å². The molecule has 0 amide bonds. The van der Waals surface area contributed by atoms with Crippen molar-refractivity contribution in [2.24, 2.45) is 0 Å². The van der Waals surface area contributed by atoms with Crippen molar-refractivity contribution in [2.45, 2.75) is 13.8 Å². The van der Waals surface area contributed by atoms with Crippen LogP contribution in [0.5, 0.6) is 0 Å². The van der Waals surface area contributed by atoms with Crippen LogP contribution < -0.4 is 40.2 Å². The maximum absolute atomic E-state index is 11.8. The normalized spacial score (nSPS) is 10.0. The van der Waals surface area contributed by atoms with Crippen molar-refractivity contribution < 1.29 is 50.8 Å². The quantitative estimate of drug-likeness (QED) is 0.474. The third-order valence-electron chi connectivity index (χ3n) is 4.45. The molecule has 0 aliphatic heterocycles. The second kappa shape index (κ2) is 9.60. The molecule has 0 radical (unpaired) electrons. The standard InChI is InChI=1S/C22H20N2O4.Na.H/c1-13-7-3-5-9-17(13)23-19-11-16(22(27)28)20(12-15(19)21(25)26)24-18-10-6-4-8-14(18)2;;/h3-12,23-24H,1-2H3,(H,25,26)(H,27,28);;/q;+1;-1. The predicted octanol–water partition coefficient (Wildman–Crippen LogP) is 2.30. The van der Waals surface area contributed by atoms with Gasteiger partial charge in [-0.25, -0.2) is 9.59 Å². The molecule has 0 fully saturated rings. The van der Waals surface area contributed by atoms with E-state index in [1.54, 1.807) is 12.1 Å². The molecule has 144 valence electrons. The van der Waals surface area contributed by atoms with Gasteiger partial charge in [0.05, 0.1) is 22.5 Å². The number of rotatable bonds is 6. The Bertz CT molecular complexity index is 988. The number of carbonyl (C=O) groups is 2. The van der Waals surface area contributed by atoms with Gasteiger partial charge in [-0.2, -0.15) is 0 Å². The molecular formula is C22H21N2NaO4. The Morgan fingerprint density at radius 2 is 1.03 bits per heavy atom. The molecule has 4 N–H and O–H groups in total. The van der Waals surface area contributed by atoms with Crippen molar-refractivity contribution in [2.75, 3.05) is 10.6 Å². The maximum Gasteiger partial charge on any atom is 1.00 e. The summed E-state index contributed by atoms with van der Waals surface area (Å²) in [4.78, 5) is 23.7. The van der Waals surface area contributed by atoms with E-state index in [2.05, 4.69) is 10.6 Å². The molecule has 0 atom stereocenters. The SMILES string of the molecule is Cc1ccccc1Nc1cc(C(=O)O)c(Nc2ccccc2C)cc1C(=O)O.[H-].[Na+]. The van der Waals surface area contributed by atoms with Crippen LogP contribution in [-0.4, -0.2) is 22.2 Å². The topological polar surface area (TPSA) is 98.7 Å². The summed E-state index contributed by atoms with van der Waals surface area (Å²) in [5.41, 5.74) is 3.63. The molecule has 0 aliphatic rings. The summed E-state index contributed by atoms with van der Waals surface area (Å²) in [7, 11) is 0. The average Bonchev–Trinajstić information content (AvgIpc) is 2.65. The Kier molecular flexibility index (Phi) is 7.45. The molecule has 3 rings (SSSR count). The van der Waals surface area contributed by atoms with Gasteiger partial charge in [-0.05, 0) is 49.2 Å². The molecule has 3 aromatic rings. The van der Waals surface area contributed by atoms with Gasteiger partial charge in [0, 0.05) is 11.4 Å². The van der Waals surface area contributed by atoms with Crippen LogP contribution in [0.1, 0.15) is 33.3 Å². The van der Waals surface area contributed by atoms with Gasteiger partial charge in [-0.1, -0.05) is 36.4 Å². The predicted molar refractivity (Wildman–Crippen MR) is 110 cm³/mol. The fourth-order valence-corrected chi connectivity index (χ4v) is 2.88. The van der Waals surface area contributed by atoms with Gasteiger partial charge in [0.15, 0.2) is 0 Å². The minimum atomic E-state index is -1.15. The summed E-state index contributed by atoms with van der Waals surface area (Å²) in [6.45, 7) is 3.77. The van der Waals surface area contributed by atoms with E-state index in [0.717, 1.165) is 11.1 Å². The summed E-state index contributed by atoms with van der Waals surface area (Å²) < 4.78 is 0. The van der Waals surface area contributed by atoms with Gasteiger partial charge in [-0.15, -0.1) is 0 Å². The van der Waals surface area contributed by atoms with Crippen LogP contribution in [-0.2, 0) is 0 Å². The third kappa shape index (κ3) is 5.17. The largest absolute Gasteiger partial charge is 1.00 e. The van der Waals surface area contributed by atoms with E-state index in [-0.39, 0.29) is 53.5 Å². The number of aromatic carboxylic acids is 2. The van der Waals surface area contributed by atoms with Gasteiger partial charge >= 0.3 is 41.5 Å². The minimum Gasteiger partial charge on any atom is -1.00 e.